The number of rotatable bonds is 5. The fourth-order valence-corrected chi connectivity index (χ4v) is 3.60. The van der Waals surface area contributed by atoms with Crippen LogP contribution in [0, 0.1) is 0 Å². The lowest BCUT2D eigenvalue weighted by Gasteiger charge is -2.13. The number of amides is 3. The Bertz CT molecular complexity index is 978. The zero-order valence-electron chi connectivity index (χ0n) is 15.0. The molecule has 0 spiro atoms. The van der Waals surface area contributed by atoms with Gasteiger partial charge in [-0.25, -0.2) is 0 Å². The van der Waals surface area contributed by atoms with Gasteiger partial charge >= 0.3 is 6.18 Å². The first-order chi connectivity index (χ1) is 13.7. The summed E-state index contributed by atoms with van der Waals surface area (Å²) in [5, 5.41) is 3.45. The quantitative estimate of drug-likeness (QED) is 0.765. The van der Waals surface area contributed by atoms with Crippen LogP contribution in [0.3, 0.4) is 0 Å². The third-order valence-corrected chi connectivity index (χ3v) is 5.20. The minimum Gasteiger partial charge on any atom is -0.496 e. The highest BCUT2D eigenvalue weighted by Gasteiger charge is 2.34. The molecular formula is C19H15F3N2O4S. The summed E-state index contributed by atoms with van der Waals surface area (Å²) in [4.78, 5) is 35.9. The van der Waals surface area contributed by atoms with Crippen LogP contribution in [0.2, 0.25) is 0 Å². The van der Waals surface area contributed by atoms with Gasteiger partial charge < -0.3 is 10.1 Å². The van der Waals surface area contributed by atoms with Crippen LogP contribution in [-0.2, 0) is 17.5 Å². The van der Waals surface area contributed by atoms with Gasteiger partial charge in [0.2, 0.25) is 5.91 Å². The van der Waals surface area contributed by atoms with Gasteiger partial charge in [-0.2, -0.15) is 13.2 Å². The van der Waals surface area contributed by atoms with Crippen molar-refractivity contribution in [2.24, 2.45) is 0 Å². The zero-order valence-corrected chi connectivity index (χ0v) is 15.8. The largest absolute Gasteiger partial charge is 0.496 e. The molecule has 1 heterocycles. The van der Waals surface area contributed by atoms with Crippen LogP contribution in [0.25, 0.3) is 0 Å². The zero-order chi connectivity index (χ0) is 21.2. The molecule has 3 rings (SSSR count). The molecule has 0 radical (unpaired) electrons. The fourth-order valence-electron chi connectivity index (χ4n) is 2.78. The average Bonchev–Trinajstić information content (AvgIpc) is 3.03. The molecule has 6 nitrogen and oxygen atoms in total. The van der Waals surface area contributed by atoms with Gasteiger partial charge in [-0.1, -0.05) is 18.2 Å². The Morgan fingerprint density at radius 3 is 2.59 bits per heavy atom. The molecule has 1 saturated heterocycles. The molecule has 0 bridgehead atoms. The molecule has 2 N–H and O–H groups in total. The number of nitrogens with one attached hydrogen (secondary N) is 2. The van der Waals surface area contributed by atoms with Crippen LogP contribution in [0.5, 0.6) is 5.75 Å². The third kappa shape index (κ3) is 4.70. The molecule has 0 saturated carbocycles. The van der Waals surface area contributed by atoms with E-state index in [1.807, 2.05) is 0 Å². The van der Waals surface area contributed by atoms with Crippen LogP contribution < -0.4 is 15.4 Å². The maximum atomic E-state index is 12.8. The molecule has 1 aliphatic heterocycles. The number of carbonyl (C=O) groups is 3. The van der Waals surface area contributed by atoms with Gasteiger partial charge in [0.1, 0.15) is 11.0 Å². The Labute approximate surface area is 167 Å². The second-order valence-electron chi connectivity index (χ2n) is 6.12. The van der Waals surface area contributed by atoms with Crippen LogP contribution in [-0.4, -0.2) is 24.2 Å². The lowest BCUT2D eigenvalue weighted by atomic mass is 10.1. The van der Waals surface area contributed by atoms with Gasteiger partial charge in [0.25, 0.3) is 11.1 Å². The van der Waals surface area contributed by atoms with Gasteiger partial charge in [0.05, 0.1) is 18.2 Å². The van der Waals surface area contributed by atoms with E-state index in [-0.39, 0.29) is 23.4 Å². The van der Waals surface area contributed by atoms with E-state index in [0.717, 1.165) is 23.9 Å². The molecule has 1 fully saturated rings. The Hall–Kier alpha value is -3.01. The van der Waals surface area contributed by atoms with Crippen LogP contribution in [0.15, 0.2) is 42.5 Å². The molecule has 1 aliphatic rings. The van der Waals surface area contributed by atoms with Crippen molar-refractivity contribution in [2.75, 3.05) is 7.11 Å². The smallest absolute Gasteiger partial charge is 0.416 e. The normalized spacial score (nSPS) is 16.5. The van der Waals surface area contributed by atoms with E-state index in [0.29, 0.717) is 5.56 Å². The summed E-state index contributed by atoms with van der Waals surface area (Å²) in [6.45, 7) is -0.132. The monoisotopic (exact) mass is 424 g/mol. The first-order valence-electron chi connectivity index (χ1n) is 8.33. The topological polar surface area (TPSA) is 84.5 Å². The van der Waals surface area contributed by atoms with Crippen molar-refractivity contribution in [2.45, 2.75) is 18.0 Å². The van der Waals surface area contributed by atoms with Crippen molar-refractivity contribution < 1.29 is 32.3 Å². The molecule has 2 aromatic rings. The third-order valence-electron chi connectivity index (χ3n) is 4.17. The predicted molar refractivity (Wildman–Crippen MR) is 99.5 cm³/mol. The molecular weight excluding hydrogens is 409 g/mol. The number of ether oxygens (including phenoxy) is 1. The summed E-state index contributed by atoms with van der Waals surface area (Å²) < 4.78 is 43.6. The number of imide groups is 1. The lowest BCUT2D eigenvalue weighted by Crippen LogP contribution is -2.24. The lowest BCUT2D eigenvalue weighted by molar-refractivity contribution is -0.137. The number of alkyl halides is 3. The number of carbonyl (C=O) groups excluding carboxylic acids is 3. The number of methoxy groups -OCH3 is 1. The van der Waals surface area contributed by atoms with Crippen molar-refractivity contribution >= 4 is 28.8 Å². The van der Waals surface area contributed by atoms with Gasteiger partial charge in [0, 0.05) is 6.54 Å². The van der Waals surface area contributed by atoms with E-state index in [2.05, 4.69) is 10.6 Å². The van der Waals surface area contributed by atoms with Crippen molar-refractivity contribution in [3.05, 3.63) is 64.7 Å². The van der Waals surface area contributed by atoms with E-state index in [1.165, 1.54) is 31.4 Å². The number of thioether (sulfide) groups is 1. The maximum Gasteiger partial charge on any atom is 0.416 e. The number of hydrogen-bond acceptors (Lipinski definition) is 5. The standard InChI is InChI=1S/C19H15F3N2O4S/c1-28-14-6-5-11(15-17(26)24-18(27)29-15)8-13(14)16(25)23-9-10-3-2-4-12(7-10)19(20,21)22/h2-8,15H,9H2,1H3,(H,23,25)(H,24,26,27). The van der Waals surface area contributed by atoms with Crippen molar-refractivity contribution in [3.8, 4) is 5.75 Å². The molecule has 1 unspecified atom stereocenters. The van der Waals surface area contributed by atoms with Crippen molar-refractivity contribution in [1.82, 2.24) is 10.6 Å². The highest BCUT2D eigenvalue weighted by molar-refractivity contribution is 8.15. The van der Waals surface area contributed by atoms with Crippen molar-refractivity contribution in [3.63, 3.8) is 0 Å². The molecule has 0 aromatic heterocycles. The first kappa shape index (κ1) is 20.7. The maximum absolute atomic E-state index is 12.8. The van der Waals surface area contributed by atoms with E-state index < -0.39 is 34.0 Å². The highest BCUT2D eigenvalue weighted by Crippen LogP contribution is 2.36. The predicted octanol–water partition coefficient (Wildman–Crippen LogP) is 3.67. The van der Waals surface area contributed by atoms with Gasteiger partial charge in [-0.3, -0.25) is 19.7 Å². The SMILES string of the molecule is COc1ccc(C2SC(=O)NC2=O)cc1C(=O)NCc1cccc(C(F)(F)F)c1. The van der Waals surface area contributed by atoms with E-state index in [1.54, 1.807) is 6.07 Å². The average molecular weight is 424 g/mol. The molecule has 0 aliphatic carbocycles. The summed E-state index contributed by atoms with van der Waals surface area (Å²) in [6.07, 6.45) is -4.48. The van der Waals surface area contributed by atoms with E-state index in [4.69, 9.17) is 4.74 Å². The second-order valence-corrected chi connectivity index (χ2v) is 7.19. The summed E-state index contributed by atoms with van der Waals surface area (Å²) in [5.41, 5.74) is 0.00507. The van der Waals surface area contributed by atoms with Gasteiger partial charge in [-0.05, 0) is 47.2 Å². The second kappa shape index (κ2) is 8.16. The number of benzene rings is 2. The van der Waals surface area contributed by atoms with E-state index in [9.17, 15) is 27.6 Å². The summed E-state index contributed by atoms with van der Waals surface area (Å²) >= 11 is 0.796. The van der Waals surface area contributed by atoms with E-state index >= 15 is 0 Å². The fraction of sp³-hybridized carbons (Fsp3) is 0.211. The first-order valence-corrected chi connectivity index (χ1v) is 9.21. The molecule has 1 atom stereocenters. The summed E-state index contributed by atoms with van der Waals surface area (Å²) in [7, 11) is 1.36. The minimum absolute atomic E-state index is 0.102. The van der Waals surface area contributed by atoms with Crippen LogP contribution in [0.4, 0.5) is 18.0 Å². The Balaban J connectivity index is 1.79. The number of halogens is 3. The highest BCUT2D eigenvalue weighted by atomic mass is 32.2. The van der Waals surface area contributed by atoms with Crippen LogP contribution >= 0.6 is 11.8 Å². The Kier molecular flexibility index (Phi) is 5.83. The molecule has 2 aromatic carbocycles. The Morgan fingerprint density at radius 2 is 1.97 bits per heavy atom. The summed E-state index contributed by atoms with van der Waals surface area (Å²) in [6, 6.07) is 9.12. The number of hydrogen-bond donors (Lipinski definition) is 2. The Morgan fingerprint density at radius 1 is 1.21 bits per heavy atom. The van der Waals surface area contributed by atoms with Crippen LogP contribution in [0.1, 0.15) is 32.3 Å². The molecule has 152 valence electrons. The molecule has 3 amide bonds. The van der Waals surface area contributed by atoms with Gasteiger partial charge in [0.15, 0.2) is 0 Å². The minimum atomic E-state index is -4.48. The van der Waals surface area contributed by atoms with Gasteiger partial charge in [-0.15, -0.1) is 0 Å². The molecule has 10 heteroatoms. The summed E-state index contributed by atoms with van der Waals surface area (Å²) in [5.74, 6) is -0.846. The van der Waals surface area contributed by atoms with Crippen molar-refractivity contribution in [1.29, 1.82) is 0 Å². The molecule has 29 heavy (non-hydrogen) atoms.